The molecule has 1 aliphatic carbocycles. The molecule has 0 bridgehead atoms. The molecule has 1 N–H and O–H groups in total. The van der Waals surface area contributed by atoms with Crippen LogP contribution >= 0.6 is 11.3 Å². The van der Waals surface area contributed by atoms with E-state index in [9.17, 15) is 14.4 Å². The van der Waals surface area contributed by atoms with E-state index in [1.165, 1.54) is 16.5 Å². The van der Waals surface area contributed by atoms with Gasteiger partial charge in [-0.15, -0.1) is 11.3 Å². The minimum absolute atomic E-state index is 0.0480. The van der Waals surface area contributed by atoms with Gasteiger partial charge in [-0.05, 0) is 49.8 Å². The van der Waals surface area contributed by atoms with Gasteiger partial charge >= 0.3 is 5.97 Å². The molecule has 3 aromatic rings. The summed E-state index contributed by atoms with van der Waals surface area (Å²) in [4.78, 5) is 42.9. The molecule has 1 unspecified atom stereocenters. The molecule has 0 fully saturated rings. The summed E-state index contributed by atoms with van der Waals surface area (Å²) < 4.78 is 6.35. The van der Waals surface area contributed by atoms with Crippen molar-refractivity contribution in [2.24, 2.45) is 0 Å². The van der Waals surface area contributed by atoms with Gasteiger partial charge in [0.05, 0.1) is 24.4 Å². The topological polar surface area (TPSA) is 90.3 Å². The Morgan fingerprint density at radius 3 is 2.93 bits per heavy atom. The molecule has 4 rings (SSSR count). The lowest BCUT2D eigenvalue weighted by Crippen LogP contribution is -2.36. The summed E-state index contributed by atoms with van der Waals surface area (Å²) in [6.07, 6.45) is 4.27. The van der Waals surface area contributed by atoms with Crippen LogP contribution in [-0.4, -0.2) is 28.0 Å². The number of hydrogen-bond donors (Lipinski definition) is 1. The second kappa shape index (κ2) is 8.39. The summed E-state index contributed by atoms with van der Waals surface area (Å²) in [6.45, 7) is 3.58. The van der Waals surface area contributed by atoms with Crippen molar-refractivity contribution in [3.63, 3.8) is 0 Å². The summed E-state index contributed by atoms with van der Waals surface area (Å²) >= 11 is 1.13. The number of carbonyl (C=O) groups excluding carboxylic acids is 2. The smallest absolute Gasteiger partial charge is 0.348 e. The highest BCUT2D eigenvalue weighted by molar-refractivity contribution is 7.20. The normalized spacial score (nSPS) is 15.6. The van der Waals surface area contributed by atoms with E-state index in [2.05, 4.69) is 16.4 Å². The van der Waals surface area contributed by atoms with E-state index in [-0.39, 0.29) is 30.7 Å². The molecule has 30 heavy (non-hydrogen) atoms. The van der Waals surface area contributed by atoms with Crippen LogP contribution in [-0.2, 0) is 22.5 Å². The fourth-order valence-corrected chi connectivity index (χ4v) is 4.99. The first-order valence-electron chi connectivity index (χ1n) is 10.0. The zero-order valence-electron chi connectivity index (χ0n) is 16.9. The number of aromatic nitrogens is 2. The second-order valence-corrected chi connectivity index (χ2v) is 8.34. The Morgan fingerprint density at radius 1 is 1.33 bits per heavy atom. The lowest BCUT2D eigenvalue weighted by Gasteiger charge is -2.26. The second-order valence-electron chi connectivity index (χ2n) is 7.35. The number of aryl methyl sites for hydroxylation is 2. The van der Waals surface area contributed by atoms with E-state index in [0.717, 1.165) is 36.2 Å². The molecule has 0 saturated carbocycles. The van der Waals surface area contributed by atoms with E-state index in [0.29, 0.717) is 20.7 Å². The first-order chi connectivity index (χ1) is 14.5. The summed E-state index contributed by atoms with van der Waals surface area (Å²) in [6, 6.07) is 8.08. The Hall–Kier alpha value is -3.00. The highest BCUT2D eigenvalue weighted by atomic mass is 32.1. The number of nitrogens with one attached hydrogen (secondary N) is 1. The first-order valence-corrected chi connectivity index (χ1v) is 10.8. The Bertz CT molecular complexity index is 1180. The number of ether oxygens (including phenoxy) is 1. The number of fused-ring (bicyclic) bond motifs is 2. The van der Waals surface area contributed by atoms with Gasteiger partial charge in [0.2, 0.25) is 5.91 Å². The number of hydrogen-bond acceptors (Lipinski definition) is 6. The van der Waals surface area contributed by atoms with Crippen molar-refractivity contribution in [2.45, 2.75) is 45.7 Å². The number of esters is 1. The molecule has 0 saturated heterocycles. The number of benzene rings is 1. The Balaban J connectivity index is 1.56. The standard InChI is InChI=1S/C22H23N3O4S/c1-3-29-22(28)19-13(2)18-20(30-19)23-12-25(21(18)27)11-17(26)24-16-10-6-8-14-7-4-5-9-15(14)16/h4-5,7,9,12,16H,3,6,8,10-11H2,1-2H3,(H,24,26). The van der Waals surface area contributed by atoms with Gasteiger partial charge in [-0.3, -0.25) is 14.2 Å². The van der Waals surface area contributed by atoms with Crippen molar-refractivity contribution in [2.75, 3.05) is 6.61 Å². The van der Waals surface area contributed by atoms with Crippen molar-refractivity contribution in [3.05, 3.63) is 62.5 Å². The maximum absolute atomic E-state index is 13.0. The Labute approximate surface area is 177 Å². The van der Waals surface area contributed by atoms with Crippen LogP contribution in [0.5, 0.6) is 0 Å². The zero-order valence-corrected chi connectivity index (χ0v) is 17.8. The lowest BCUT2D eigenvalue weighted by atomic mass is 9.88. The lowest BCUT2D eigenvalue weighted by molar-refractivity contribution is -0.122. The fraction of sp³-hybridized carbons (Fsp3) is 0.364. The molecule has 0 radical (unpaired) electrons. The molecular formula is C22H23N3O4S. The highest BCUT2D eigenvalue weighted by Gasteiger charge is 2.23. The Kier molecular flexibility index (Phi) is 5.67. The van der Waals surface area contributed by atoms with Gasteiger partial charge in [0.1, 0.15) is 16.3 Å². The first kappa shape index (κ1) is 20.3. The average molecular weight is 426 g/mol. The van der Waals surface area contributed by atoms with Gasteiger partial charge in [0.25, 0.3) is 5.56 Å². The number of rotatable bonds is 5. The molecular weight excluding hydrogens is 402 g/mol. The maximum atomic E-state index is 13.0. The third kappa shape index (κ3) is 3.75. The maximum Gasteiger partial charge on any atom is 0.348 e. The quantitative estimate of drug-likeness (QED) is 0.634. The van der Waals surface area contributed by atoms with Crippen LogP contribution in [0.2, 0.25) is 0 Å². The summed E-state index contributed by atoms with van der Waals surface area (Å²) in [5.41, 5.74) is 2.62. The molecule has 1 amide bonds. The zero-order chi connectivity index (χ0) is 21.3. The van der Waals surface area contributed by atoms with Crippen LogP contribution in [0.4, 0.5) is 0 Å². The molecule has 1 atom stereocenters. The van der Waals surface area contributed by atoms with Crippen molar-refractivity contribution in [3.8, 4) is 0 Å². The third-order valence-electron chi connectivity index (χ3n) is 5.40. The van der Waals surface area contributed by atoms with Gasteiger partial charge < -0.3 is 10.1 Å². The summed E-state index contributed by atoms with van der Waals surface area (Å²) in [5.74, 6) is -0.698. The minimum Gasteiger partial charge on any atom is -0.462 e. The van der Waals surface area contributed by atoms with Crippen LogP contribution < -0.4 is 10.9 Å². The number of thiophene rings is 1. The highest BCUT2D eigenvalue weighted by Crippen LogP contribution is 2.29. The molecule has 2 heterocycles. The molecule has 1 aliphatic rings. The molecule has 8 heteroatoms. The number of carbonyl (C=O) groups is 2. The molecule has 0 spiro atoms. The van der Waals surface area contributed by atoms with E-state index >= 15 is 0 Å². The van der Waals surface area contributed by atoms with Crippen LogP contribution in [0.3, 0.4) is 0 Å². The van der Waals surface area contributed by atoms with Crippen molar-refractivity contribution in [1.29, 1.82) is 0 Å². The van der Waals surface area contributed by atoms with Gasteiger partial charge in [0.15, 0.2) is 0 Å². The van der Waals surface area contributed by atoms with Crippen LogP contribution in [0, 0.1) is 6.92 Å². The van der Waals surface area contributed by atoms with E-state index in [1.807, 2.05) is 18.2 Å². The van der Waals surface area contributed by atoms with E-state index in [1.54, 1.807) is 13.8 Å². The molecule has 0 aliphatic heterocycles. The monoisotopic (exact) mass is 425 g/mol. The fourth-order valence-electron chi connectivity index (χ4n) is 3.96. The number of nitrogens with zero attached hydrogens (tertiary/aromatic N) is 2. The van der Waals surface area contributed by atoms with Gasteiger partial charge in [-0.25, -0.2) is 9.78 Å². The summed E-state index contributed by atoms with van der Waals surface area (Å²) in [5, 5.41) is 3.42. The van der Waals surface area contributed by atoms with Gasteiger partial charge in [-0.2, -0.15) is 0 Å². The predicted octanol–water partition coefficient (Wildman–Crippen LogP) is 3.14. The largest absolute Gasteiger partial charge is 0.462 e. The SMILES string of the molecule is CCOC(=O)c1sc2ncn(CC(=O)NC3CCCc4ccccc43)c(=O)c2c1C. The van der Waals surface area contributed by atoms with Crippen molar-refractivity contribution >= 4 is 33.4 Å². The van der Waals surface area contributed by atoms with E-state index < -0.39 is 5.97 Å². The van der Waals surface area contributed by atoms with Crippen LogP contribution in [0.15, 0.2) is 35.4 Å². The Morgan fingerprint density at radius 2 is 2.13 bits per heavy atom. The van der Waals surface area contributed by atoms with Gasteiger partial charge in [0, 0.05) is 0 Å². The summed E-state index contributed by atoms with van der Waals surface area (Å²) in [7, 11) is 0. The molecule has 2 aromatic heterocycles. The van der Waals surface area contributed by atoms with Crippen molar-refractivity contribution in [1.82, 2.24) is 14.9 Å². The minimum atomic E-state index is -0.461. The van der Waals surface area contributed by atoms with Gasteiger partial charge in [-0.1, -0.05) is 24.3 Å². The third-order valence-corrected chi connectivity index (χ3v) is 6.58. The average Bonchev–Trinajstić information content (AvgIpc) is 3.08. The predicted molar refractivity (Wildman–Crippen MR) is 115 cm³/mol. The number of amides is 1. The van der Waals surface area contributed by atoms with Crippen molar-refractivity contribution < 1.29 is 14.3 Å². The van der Waals surface area contributed by atoms with E-state index in [4.69, 9.17) is 4.74 Å². The molecule has 7 nitrogen and oxygen atoms in total. The molecule has 1 aromatic carbocycles. The van der Waals surface area contributed by atoms with Crippen LogP contribution in [0.25, 0.3) is 10.2 Å². The van der Waals surface area contributed by atoms with Crippen LogP contribution in [0.1, 0.15) is 52.2 Å². The molecule has 156 valence electrons.